The van der Waals surface area contributed by atoms with Gasteiger partial charge in [-0.1, -0.05) is 69.2 Å². The van der Waals surface area contributed by atoms with E-state index in [9.17, 15) is 9.59 Å². The van der Waals surface area contributed by atoms with Crippen LogP contribution < -0.4 is 4.74 Å². The Bertz CT molecular complexity index is 857. The molecular weight excluding hydrogens is 436 g/mol. The minimum atomic E-state index is -0.527. The highest BCUT2D eigenvalue weighted by Gasteiger charge is 2.42. The van der Waals surface area contributed by atoms with Gasteiger partial charge in [-0.3, -0.25) is 9.59 Å². The summed E-state index contributed by atoms with van der Waals surface area (Å²) in [6.07, 6.45) is 18.2. The predicted molar refractivity (Wildman–Crippen MR) is 140 cm³/mol. The molecule has 0 aromatic heterocycles. The standard InChI is InChI=1S/C30H44N2O3/c1-2-3-4-11-22-35-27-18-16-25(17-19-27)29-30(34)32(26-14-9-6-10-15-26)23-28(33)31(29)21-20-24-12-7-5-8-13-24/h12,16-19,26,29H,2-11,13-15,20-23H2,1H3/t29-/m1/s1. The first-order valence-corrected chi connectivity index (χ1v) is 14.2. The van der Waals surface area contributed by atoms with Crippen molar-refractivity contribution in [1.29, 1.82) is 0 Å². The van der Waals surface area contributed by atoms with Crippen molar-refractivity contribution in [2.24, 2.45) is 0 Å². The van der Waals surface area contributed by atoms with E-state index < -0.39 is 6.04 Å². The second kappa shape index (κ2) is 13.1. The number of ether oxygens (including phenoxy) is 1. The van der Waals surface area contributed by atoms with Gasteiger partial charge >= 0.3 is 0 Å². The summed E-state index contributed by atoms with van der Waals surface area (Å²) in [6, 6.07) is 7.60. The zero-order valence-corrected chi connectivity index (χ0v) is 21.7. The van der Waals surface area contributed by atoms with Gasteiger partial charge < -0.3 is 14.5 Å². The van der Waals surface area contributed by atoms with Crippen LogP contribution in [0.4, 0.5) is 0 Å². The molecule has 2 fully saturated rings. The van der Waals surface area contributed by atoms with Crippen LogP contribution in [-0.2, 0) is 9.59 Å². The molecule has 2 aliphatic carbocycles. The molecular formula is C30H44N2O3. The molecule has 35 heavy (non-hydrogen) atoms. The summed E-state index contributed by atoms with van der Waals surface area (Å²) in [5, 5.41) is 0. The molecule has 1 aliphatic heterocycles. The number of hydrogen-bond donors (Lipinski definition) is 0. The molecule has 1 atom stereocenters. The lowest BCUT2D eigenvalue weighted by molar-refractivity contribution is -0.159. The van der Waals surface area contributed by atoms with Crippen LogP contribution in [0.5, 0.6) is 5.75 Å². The number of hydrogen-bond acceptors (Lipinski definition) is 3. The van der Waals surface area contributed by atoms with Crippen LogP contribution in [0, 0.1) is 0 Å². The normalized spacial score (nSPS) is 21.9. The maximum atomic E-state index is 13.9. The van der Waals surface area contributed by atoms with Gasteiger partial charge in [-0.25, -0.2) is 0 Å². The Morgan fingerprint density at radius 3 is 2.46 bits per heavy atom. The van der Waals surface area contributed by atoms with Crippen LogP contribution in [0.3, 0.4) is 0 Å². The Labute approximate surface area is 211 Å². The molecule has 0 bridgehead atoms. The summed E-state index contributed by atoms with van der Waals surface area (Å²) >= 11 is 0. The van der Waals surface area contributed by atoms with E-state index in [2.05, 4.69) is 13.0 Å². The first kappa shape index (κ1) is 25.8. The van der Waals surface area contributed by atoms with E-state index in [0.29, 0.717) is 6.54 Å². The van der Waals surface area contributed by atoms with Crippen LogP contribution >= 0.6 is 0 Å². The van der Waals surface area contributed by atoms with Crippen LogP contribution in [0.2, 0.25) is 0 Å². The van der Waals surface area contributed by atoms with E-state index in [0.717, 1.165) is 69.3 Å². The molecule has 5 nitrogen and oxygen atoms in total. The Kier molecular flexibility index (Phi) is 9.67. The summed E-state index contributed by atoms with van der Waals surface area (Å²) < 4.78 is 5.93. The second-order valence-electron chi connectivity index (χ2n) is 10.6. The van der Waals surface area contributed by atoms with Gasteiger partial charge in [-0.2, -0.15) is 0 Å². The number of unbranched alkanes of at least 4 members (excludes halogenated alkanes) is 3. The highest BCUT2D eigenvalue weighted by molar-refractivity contribution is 5.95. The van der Waals surface area contributed by atoms with Crippen LogP contribution in [0.15, 0.2) is 35.9 Å². The predicted octanol–water partition coefficient (Wildman–Crippen LogP) is 6.58. The Morgan fingerprint density at radius 2 is 1.74 bits per heavy atom. The highest BCUT2D eigenvalue weighted by atomic mass is 16.5. The van der Waals surface area contributed by atoms with Gasteiger partial charge in [0.25, 0.3) is 5.91 Å². The van der Waals surface area contributed by atoms with E-state index in [4.69, 9.17) is 4.74 Å². The minimum absolute atomic E-state index is 0.0906. The van der Waals surface area contributed by atoms with Crippen molar-refractivity contribution in [1.82, 2.24) is 9.80 Å². The number of amides is 2. The minimum Gasteiger partial charge on any atom is -0.494 e. The van der Waals surface area contributed by atoms with Gasteiger partial charge in [-0.15, -0.1) is 0 Å². The van der Waals surface area contributed by atoms with E-state index in [1.807, 2.05) is 34.1 Å². The molecule has 1 aromatic carbocycles. The van der Waals surface area contributed by atoms with Crippen molar-refractivity contribution in [2.75, 3.05) is 19.7 Å². The Balaban J connectivity index is 1.48. The summed E-state index contributed by atoms with van der Waals surface area (Å²) in [5.74, 6) is 1.03. The average molecular weight is 481 g/mol. The third-order valence-corrected chi connectivity index (χ3v) is 7.99. The second-order valence-corrected chi connectivity index (χ2v) is 10.6. The number of allylic oxidation sites excluding steroid dienone is 1. The van der Waals surface area contributed by atoms with Crippen molar-refractivity contribution >= 4 is 11.8 Å². The lowest BCUT2D eigenvalue weighted by Gasteiger charge is -2.44. The van der Waals surface area contributed by atoms with Crippen LogP contribution in [0.25, 0.3) is 0 Å². The van der Waals surface area contributed by atoms with Gasteiger partial charge in [0.15, 0.2) is 0 Å². The SMILES string of the molecule is CCCCCCOc1ccc([C@@H]2C(=O)N(C3CCCCC3)CC(=O)N2CCC2=CCCCC2)cc1. The van der Waals surface area contributed by atoms with E-state index in [-0.39, 0.29) is 24.4 Å². The first-order chi connectivity index (χ1) is 17.2. The third-order valence-electron chi connectivity index (χ3n) is 7.99. The zero-order chi connectivity index (χ0) is 24.5. The number of carbonyl (C=O) groups is 2. The summed E-state index contributed by atoms with van der Waals surface area (Å²) in [7, 11) is 0. The molecule has 4 rings (SSSR count). The molecule has 2 amide bonds. The Morgan fingerprint density at radius 1 is 0.943 bits per heavy atom. The smallest absolute Gasteiger partial charge is 0.250 e. The van der Waals surface area contributed by atoms with Crippen molar-refractivity contribution in [3.8, 4) is 5.75 Å². The maximum absolute atomic E-state index is 13.9. The van der Waals surface area contributed by atoms with Crippen molar-refractivity contribution < 1.29 is 14.3 Å². The third kappa shape index (κ3) is 6.89. The lowest BCUT2D eigenvalue weighted by atomic mass is 9.91. The van der Waals surface area contributed by atoms with Gasteiger partial charge in [0.05, 0.1) is 6.61 Å². The summed E-state index contributed by atoms with van der Waals surface area (Å²) in [6.45, 7) is 3.78. The number of piperazine rings is 1. The maximum Gasteiger partial charge on any atom is 0.250 e. The molecule has 0 radical (unpaired) electrons. The summed E-state index contributed by atoms with van der Waals surface area (Å²) in [4.78, 5) is 31.1. The molecule has 192 valence electrons. The van der Waals surface area contributed by atoms with Crippen molar-refractivity contribution in [3.63, 3.8) is 0 Å². The molecule has 0 unspecified atom stereocenters. The molecule has 1 heterocycles. The highest BCUT2D eigenvalue weighted by Crippen LogP contribution is 2.34. The van der Waals surface area contributed by atoms with Gasteiger partial charge in [0, 0.05) is 12.6 Å². The average Bonchev–Trinajstić information content (AvgIpc) is 2.90. The number of nitrogens with zero attached hydrogens (tertiary/aromatic N) is 2. The molecule has 0 spiro atoms. The fourth-order valence-corrected chi connectivity index (χ4v) is 5.89. The van der Waals surface area contributed by atoms with Gasteiger partial charge in [0.2, 0.25) is 5.91 Å². The topological polar surface area (TPSA) is 49.9 Å². The molecule has 1 saturated heterocycles. The van der Waals surface area contributed by atoms with Crippen molar-refractivity contribution in [3.05, 3.63) is 41.5 Å². The quantitative estimate of drug-likeness (QED) is 0.265. The molecule has 1 aromatic rings. The monoisotopic (exact) mass is 480 g/mol. The molecule has 1 saturated carbocycles. The Hall–Kier alpha value is -2.30. The van der Waals surface area contributed by atoms with E-state index >= 15 is 0 Å². The van der Waals surface area contributed by atoms with Gasteiger partial charge in [-0.05, 0) is 69.1 Å². The largest absolute Gasteiger partial charge is 0.494 e. The van der Waals surface area contributed by atoms with E-state index in [1.54, 1.807) is 0 Å². The zero-order valence-electron chi connectivity index (χ0n) is 21.7. The van der Waals surface area contributed by atoms with Crippen molar-refractivity contribution in [2.45, 2.75) is 109 Å². The fourth-order valence-electron chi connectivity index (χ4n) is 5.89. The summed E-state index contributed by atoms with van der Waals surface area (Å²) in [5.41, 5.74) is 2.34. The first-order valence-electron chi connectivity index (χ1n) is 14.2. The number of rotatable bonds is 11. The molecule has 0 N–H and O–H groups in total. The molecule has 5 heteroatoms. The number of benzene rings is 1. The van der Waals surface area contributed by atoms with Crippen LogP contribution in [0.1, 0.15) is 108 Å². The number of carbonyl (C=O) groups excluding carboxylic acids is 2. The van der Waals surface area contributed by atoms with Crippen LogP contribution in [-0.4, -0.2) is 47.4 Å². The lowest BCUT2D eigenvalue weighted by Crippen LogP contribution is -2.58. The fraction of sp³-hybridized carbons (Fsp3) is 0.667. The van der Waals surface area contributed by atoms with E-state index in [1.165, 1.54) is 44.1 Å². The van der Waals surface area contributed by atoms with Gasteiger partial charge in [0.1, 0.15) is 18.3 Å². The molecule has 3 aliphatic rings.